The lowest BCUT2D eigenvalue weighted by molar-refractivity contribution is 0.0743. The van der Waals surface area contributed by atoms with Crippen molar-refractivity contribution < 1.29 is 4.79 Å². The Balaban J connectivity index is 2.20. The number of amides is 1. The molecule has 0 saturated heterocycles. The summed E-state index contributed by atoms with van der Waals surface area (Å²) in [6.07, 6.45) is 0. The highest BCUT2D eigenvalue weighted by atomic mass is 35.5. The summed E-state index contributed by atoms with van der Waals surface area (Å²) < 4.78 is 0. The van der Waals surface area contributed by atoms with E-state index in [-0.39, 0.29) is 11.9 Å². The van der Waals surface area contributed by atoms with E-state index >= 15 is 0 Å². The fourth-order valence-corrected chi connectivity index (χ4v) is 2.40. The summed E-state index contributed by atoms with van der Waals surface area (Å²) in [6, 6.07) is 14.4. The Morgan fingerprint density at radius 3 is 2.38 bits per heavy atom. The van der Waals surface area contributed by atoms with Crippen LogP contribution in [0.5, 0.6) is 0 Å². The van der Waals surface area contributed by atoms with Gasteiger partial charge in [0.15, 0.2) is 0 Å². The van der Waals surface area contributed by atoms with Gasteiger partial charge in [-0.2, -0.15) is 0 Å². The molecule has 0 radical (unpaired) electrons. The lowest BCUT2D eigenvalue weighted by atomic mass is 10.1. The highest BCUT2D eigenvalue weighted by Crippen LogP contribution is 2.27. The fraction of sp³-hybridized carbons (Fsp3) is 0.188. The van der Waals surface area contributed by atoms with Crippen molar-refractivity contribution in [2.75, 3.05) is 12.5 Å². The number of carbonyl (C=O) groups excluding carboxylic acids is 1. The zero-order chi connectivity index (χ0) is 15.4. The third kappa shape index (κ3) is 3.35. The minimum Gasteiger partial charge on any atom is -0.335 e. The van der Waals surface area contributed by atoms with Crippen LogP contribution in [-0.2, 0) is 0 Å². The summed E-state index contributed by atoms with van der Waals surface area (Å²) in [5, 5.41) is 0.660. The van der Waals surface area contributed by atoms with Crippen LogP contribution in [0.25, 0.3) is 0 Å². The Kier molecular flexibility index (Phi) is 4.83. The lowest BCUT2D eigenvalue weighted by Crippen LogP contribution is -2.29. The largest absolute Gasteiger partial charge is 0.335 e. The smallest absolute Gasteiger partial charge is 0.254 e. The number of nitrogens with two attached hydrogens (primary N) is 1. The Morgan fingerprint density at radius 1 is 1.19 bits per heavy atom. The van der Waals surface area contributed by atoms with Crippen molar-refractivity contribution in [2.45, 2.75) is 13.0 Å². The Bertz CT molecular complexity index is 628. The molecule has 0 aliphatic rings. The maximum absolute atomic E-state index is 12.5. The molecule has 1 unspecified atom stereocenters. The highest BCUT2D eigenvalue weighted by molar-refractivity contribution is 6.31. The van der Waals surface area contributed by atoms with Gasteiger partial charge in [-0.25, -0.2) is 0 Å². The van der Waals surface area contributed by atoms with Crippen LogP contribution in [0.3, 0.4) is 0 Å². The average molecular weight is 304 g/mol. The number of anilines is 1. The molecule has 0 heterocycles. The molecule has 3 N–H and O–H groups in total. The van der Waals surface area contributed by atoms with Gasteiger partial charge in [-0.3, -0.25) is 10.6 Å². The topological polar surface area (TPSA) is 58.4 Å². The van der Waals surface area contributed by atoms with E-state index in [1.165, 1.54) is 0 Å². The molecular formula is C16H18ClN3O. The van der Waals surface area contributed by atoms with E-state index in [1.807, 2.05) is 31.2 Å². The van der Waals surface area contributed by atoms with Gasteiger partial charge in [0.25, 0.3) is 5.91 Å². The van der Waals surface area contributed by atoms with Crippen molar-refractivity contribution >= 4 is 23.2 Å². The first-order valence-corrected chi connectivity index (χ1v) is 7.00. The van der Waals surface area contributed by atoms with Gasteiger partial charge < -0.3 is 10.3 Å². The van der Waals surface area contributed by atoms with E-state index in [9.17, 15) is 4.79 Å². The Labute approximate surface area is 129 Å². The molecule has 21 heavy (non-hydrogen) atoms. The molecule has 1 amide bonds. The lowest BCUT2D eigenvalue weighted by Gasteiger charge is -2.26. The molecule has 0 aromatic heterocycles. The average Bonchev–Trinajstić information content (AvgIpc) is 2.53. The first-order valence-electron chi connectivity index (χ1n) is 6.63. The molecule has 2 aromatic carbocycles. The molecule has 110 valence electrons. The van der Waals surface area contributed by atoms with Gasteiger partial charge in [-0.1, -0.05) is 29.8 Å². The Hall–Kier alpha value is -2.04. The van der Waals surface area contributed by atoms with Crippen molar-refractivity contribution in [1.29, 1.82) is 0 Å². The van der Waals surface area contributed by atoms with Crippen LogP contribution in [0.2, 0.25) is 5.02 Å². The number of nitrogens with zero attached hydrogens (tertiary/aromatic N) is 1. The standard InChI is InChI=1S/C16H18ClN3O/c1-11(14-5-3-4-6-15(14)17)20(2)16(21)12-7-9-13(19-18)10-8-12/h3-11,19H,18H2,1-2H3. The molecule has 5 heteroatoms. The summed E-state index contributed by atoms with van der Waals surface area (Å²) in [5.74, 6) is 5.25. The molecule has 0 saturated carbocycles. The van der Waals surface area contributed by atoms with Gasteiger partial charge in [-0.05, 0) is 42.8 Å². The number of hydrogen-bond acceptors (Lipinski definition) is 3. The van der Waals surface area contributed by atoms with Crippen LogP contribution in [0.1, 0.15) is 28.9 Å². The molecule has 0 aliphatic carbocycles. The minimum atomic E-state index is -0.112. The predicted octanol–water partition coefficient (Wildman–Crippen LogP) is 3.46. The molecule has 4 nitrogen and oxygen atoms in total. The van der Waals surface area contributed by atoms with Crippen LogP contribution >= 0.6 is 11.6 Å². The summed E-state index contributed by atoms with van der Waals surface area (Å²) in [4.78, 5) is 14.2. The highest BCUT2D eigenvalue weighted by Gasteiger charge is 2.20. The van der Waals surface area contributed by atoms with Crippen molar-refractivity contribution in [3.8, 4) is 0 Å². The first-order chi connectivity index (χ1) is 10.0. The second-order valence-corrected chi connectivity index (χ2v) is 5.24. The number of nitrogens with one attached hydrogen (secondary N) is 1. The molecule has 2 aromatic rings. The van der Waals surface area contributed by atoms with E-state index < -0.39 is 0 Å². The van der Waals surface area contributed by atoms with Crippen LogP contribution in [0.15, 0.2) is 48.5 Å². The van der Waals surface area contributed by atoms with E-state index in [0.29, 0.717) is 10.6 Å². The number of nitrogen functional groups attached to an aromatic ring is 1. The zero-order valence-electron chi connectivity index (χ0n) is 12.0. The van der Waals surface area contributed by atoms with Crippen molar-refractivity contribution in [3.05, 3.63) is 64.7 Å². The molecule has 0 aliphatic heterocycles. The van der Waals surface area contributed by atoms with Crippen molar-refractivity contribution in [1.82, 2.24) is 4.90 Å². The van der Waals surface area contributed by atoms with Gasteiger partial charge in [0.1, 0.15) is 0 Å². The van der Waals surface area contributed by atoms with E-state index in [0.717, 1.165) is 11.3 Å². The molecule has 0 fully saturated rings. The second-order valence-electron chi connectivity index (χ2n) is 4.84. The number of halogens is 1. The molecule has 0 bridgehead atoms. The first kappa shape index (κ1) is 15.4. The van der Waals surface area contributed by atoms with E-state index in [2.05, 4.69) is 5.43 Å². The quantitative estimate of drug-likeness (QED) is 0.672. The summed E-state index contributed by atoms with van der Waals surface area (Å²) in [7, 11) is 1.77. The van der Waals surface area contributed by atoms with Gasteiger partial charge in [0, 0.05) is 23.3 Å². The minimum absolute atomic E-state index is 0.0639. The monoisotopic (exact) mass is 303 g/mol. The van der Waals surface area contributed by atoms with E-state index in [4.69, 9.17) is 17.4 Å². The third-order valence-corrected chi connectivity index (χ3v) is 3.90. The molecule has 2 rings (SSSR count). The predicted molar refractivity (Wildman–Crippen MR) is 86.2 cm³/mol. The SMILES string of the molecule is CC(c1ccccc1Cl)N(C)C(=O)c1ccc(NN)cc1. The van der Waals surface area contributed by atoms with Crippen molar-refractivity contribution in [2.24, 2.45) is 5.84 Å². The second kappa shape index (κ2) is 6.61. The van der Waals surface area contributed by atoms with Crippen molar-refractivity contribution in [3.63, 3.8) is 0 Å². The van der Waals surface area contributed by atoms with Gasteiger partial charge in [-0.15, -0.1) is 0 Å². The summed E-state index contributed by atoms with van der Waals surface area (Å²) in [6.45, 7) is 1.95. The number of hydrogen-bond donors (Lipinski definition) is 2. The van der Waals surface area contributed by atoms with Gasteiger partial charge in [0.05, 0.1) is 6.04 Å². The van der Waals surface area contributed by atoms with Crippen LogP contribution in [0.4, 0.5) is 5.69 Å². The number of benzene rings is 2. The van der Waals surface area contributed by atoms with Crippen LogP contribution in [0, 0.1) is 0 Å². The molecule has 1 atom stereocenters. The van der Waals surface area contributed by atoms with Gasteiger partial charge >= 0.3 is 0 Å². The number of rotatable bonds is 4. The van der Waals surface area contributed by atoms with Crippen LogP contribution < -0.4 is 11.3 Å². The number of carbonyl (C=O) groups is 1. The third-order valence-electron chi connectivity index (χ3n) is 3.56. The number of hydrazine groups is 1. The van der Waals surface area contributed by atoms with Gasteiger partial charge in [0.2, 0.25) is 0 Å². The van der Waals surface area contributed by atoms with E-state index in [1.54, 1.807) is 36.2 Å². The summed E-state index contributed by atoms with van der Waals surface area (Å²) in [5.41, 5.74) is 4.83. The van der Waals surface area contributed by atoms with Crippen LogP contribution in [-0.4, -0.2) is 17.9 Å². The molecular weight excluding hydrogens is 286 g/mol. The Morgan fingerprint density at radius 2 is 1.81 bits per heavy atom. The fourth-order valence-electron chi connectivity index (χ4n) is 2.11. The summed E-state index contributed by atoms with van der Waals surface area (Å²) >= 11 is 6.19. The molecule has 0 spiro atoms. The zero-order valence-corrected chi connectivity index (χ0v) is 12.8. The normalized spacial score (nSPS) is 11.8. The maximum atomic E-state index is 12.5. The maximum Gasteiger partial charge on any atom is 0.254 e.